The van der Waals surface area contributed by atoms with Crippen LogP contribution in [-0.4, -0.2) is 27.4 Å². The molecular formula is C11H7Cl2N5O. The van der Waals surface area contributed by atoms with E-state index in [0.717, 1.165) is 5.69 Å². The summed E-state index contributed by atoms with van der Waals surface area (Å²) in [6.07, 6.45) is 0. The first-order chi connectivity index (χ1) is 9.13. The van der Waals surface area contributed by atoms with Crippen LogP contribution in [0.5, 0.6) is 0 Å². The van der Waals surface area contributed by atoms with E-state index >= 15 is 0 Å². The minimum Gasteiger partial charge on any atom is -0.323 e. The van der Waals surface area contributed by atoms with Gasteiger partial charge in [0.25, 0.3) is 0 Å². The van der Waals surface area contributed by atoms with E-state index in [-0.39, 0.29) is 29.0 Å². The van der Waals surface area contributed by atoms with Crippen molar-refractivity contribution in [3.63, 3.8) is 0 Å². The Balaban J connectivity index is 2.12. The van der Waals surface area contributed by atoms with Crippen molar-refractivity contribution >= 4 is 46.4 Å². The highest BCUT2D eigenvalue weighted by Gasteiger charge is 2.25. The van der Waals surface area contributed by atoms with Gasteiger partial charge in [-0.15, -0.1) is 0 Å². The fraction of sp³-hybridized carbons (Fsp3) is 0.0909. The molecule has 19 heavy (non-hydrogen) atoms. The number of para-hydroxylation sites is 2. The van der Waals surface area contributed by atoms with E-state index < -0.39 is 0 Å². The molecule has 2 aromatic rings. The number of nitrogens with zero attached hydrogens (tertiary/aromatic N) is 4. The van der Waals surface area contributed by atoms with Crippen molar-refractivity contribution in [2.75, 3.05) is 16.8 Å². The van der Waals surface area contributed by atoms with Crippen LogP contribution in [-0.2, 0) is 4.79 Å². The van der Waals surface area contributed by atoms with Gasteiger partial charge in [0.1, 0.15) is 6.54 Å². The van der Waals surface area contributed by atoms with Gasteiger partial charge in [0.2, 0.25) is 22.4 Å². The number of halogens is 2. The third kappa shape index (κ3) is 2.32. The van der Waals surface area contributed by atoms with Crippen molar-refractivity contribution in [2.24, 2.45) is 0 Å². The van der Waals surface area contributed by atoms with E-state index in [1.807, 2.05) is 18.2 Å². The predicted molar refractivity (Wildman–Crippen MR) is 71.9 cm³/mol. The molecule has 1 aliphatic heterocycles. The van der Waals surface area contributed by atoms with E-state index in [0.29, 0.717) is 5.69 Å². The van der Waals surface area contributed by atoms with Crippen molar-refractivity contribution in [1.82, 2.24) is 15.0 Å². The van der Waals surface area contributed by atoms with E-state index in [9.17, 15) is 4.79 Å². The summed E-state index contributed by atoms with van der Waals surface area (Å²) in [7, 11) is 0. The van der Waals surface area contributed by atoms with Gasteiger partial charge in [-0.1, -0.05) is 12.1 Å². The van der Waals surface area contributed by atoms with Crippen LogP contribution in [0.4, 0.5) is 17.3 Å². The smallest absolute Gasteiger partial charge is 0.244 e. The molecule has 1 aromatic carbocycles. The monoisotopic (exact) mass is 295 g/mol. The molecule has 0 atom stereocenters. The van der Waals surface area contributed by atoms with Crippen LogP contribution in [0, 0.1) is 0 Å². The fourth-order valence-corrected chi connectivity index (χ4v) is 2.20. The summed E-state index contributed by atoms with van der Waals surface area (Å²) < 4.78 is 0. The van der Waals surface area contributed by atoms with Crippen LogP contribution in [0.15, 0.2) is 24.3 Å². The second-order valence-corrected chi connectivity index (χ2v) is 4.50. The van der Waals surface area contributed by atoms with Gasteiger partial charge in [-0.25, -0.2) is 0 Å². The second-order valence-electron chi connectivity index (χ2n) is 3.82. The molecule has 0 fully saturated rings. The topological polar surface area (TPSA) is 71.0 Å². The minimum atomic E-state index is -0.161. The Labute approximate surface area is 118 Å². The number of hydrogen-bond acceptors (Lipinski definition) is 5. The third-order valence-electron chi connectivity index (χ3n) is 2.58. The zero-order valence-electron chi connectivity index (χ0n) is 9.47. The molecule has 2 heterocycles. The van der Waals surface area contributed by atoms with Gasteiger partial charge in [0, 0.05) is 0 Å². The number of carbonyl (C=O) groups is 1. The van der Waals surface area contributed by atoms with Crippen LogP contribution in [0.3, 0.4) is 0 Å². The molecule has 6 nitrogen and oxygen atoms in total. The van der Waals surface area contributed by atoms with Gasteiger partial charge in [-0.05, 0) is 35.3 Å². The molecular weight excluding hydrogens is 289 g/mol. The molecule has 0 aliphatic carbocycles. The highest BCUT2D eigenvalue weighted by Crippen LogP contribution is 2.33. The number of amides is 1. The minimum absolute atomic E-state index is 0.0153. The first-order valence-electron chi connectivity index (χ1n) is 5.37. The third-order valence-corrected chi connectivity index (χ3v) is 2.92. The normalized spacial score (nSPS) is 14.0. The summed E-state index contributed by atoms with van der Waals surface area (Å²) in [4.78, 5) is 25.0. The average molecular weight is 296 g/mol. The van der Waals surface area contributed by atoms with Crippen LogP contribution >= 0.6 is 23.2 Å². The maximum atomic E-state index is 11.7. The quantitative estimate of drug-likeness (QED) is 0.874. The molecule has 0 saturated heterocycles. The van der Waals surface area contributed by atoms with Gasteiger partial charge in [0.15, 0.2) is 0 Å². The highest BCUT2D eigenvalue weighted by molar-refractivity contribution is 6.31. The zero-order valence-corrected chi connectivity index (χ0v) is 11.0. The largest absolute Gasteiger partial charge is 0.323 e. The zero-order chi connectivity index (χ0) is 13.4. The van der Waals surface area contributed by atoms with Gasteiger partial charge in [-0.2, -0.15) is 15.0 Å². The van der Waals surface area contributed by atoms with Crippen molar-refractivity contribution in [3.8, 4) is 0 Å². The van der Waals surface area contributed by atoms with Gasteiger partial charge in [0.05, 0.1) is 11.4 Å². The van der Waals surface area contributed by atoms with Crippen LogP contribution in [0.2, 0.25) is 10.6 Å². The summed E-state index contributed by atoms with van der Waals surface area (Å²) in [6, 6.07) is 7.33. The molecule has 0 unspecified atom stereocenters. The lowest BCUT2D eigenvalue weighted by molar-refractivity contribution is -0.115. The maximum Gasteiger partial charge on any atom is 0.244 e. The number of hydrogen-bond donors (Lipinski definition) is 1. The van der Waals surface area contributed by atoms with E-state index in [4.69, 9.17) is 23.2 Å². The predicted octanol–water partition coefficient (Wildman–Crippen LogP) is 2.27. The van der Waals surface area contributed by atoms with Crippen LogP contribution in [0.1, 0.15) is 0 Å². The van der Waals surface area contributed by atoms with E-state index in [1.54, 1.807) is 11.0 Å². The molecule has 1 aromatic heterocycles. The number of anilines is 3. The lowest BCUT2D eigenvalue weighted by atomic mass is 10.2. The molecule has 0 spiro atoms. The summed E-state index contributed by atoms with van der Waals surface area (Å²) in [5.41, 5.74) is 1.46. The average Bonchev–Trinajstić information content (AvgIpc) is 2.36. The van der Waals surface area contributed by atoms with Crippen molar-refractivity contribution in [1.29, 1.82) is 0 Å². The maximum absolute atomic E-state index is 11.7. The Morgan fingerprint density at radius 1 is 1.11 bits per heavy atom. The molecule has 1 aliphatic rings. The first-order valence-corrected chi connectivity index (χ1v) is 6.12. The van der Waals surface area contributed by atoms with Crippen molar-refractivity contribution in [2.45, 2.75) is 0 Å². The molecule has 1 N–H and O–H groups in total. The van der Waals surface area contributed by atoms with Crippen LogP contribution < -0.4 is 10.2 Å². The standard InChI is InChI=1S/C11H7Cl2N5O/c12-9-15-10(13)17-11(16-9)18-5-8(19)14-6-3-1-2-4-7(6)18/h1-4H,5H2,(H,14,19). The molecule has 0 radical (unpaired) electrons. The SMILES string of the molecule is O=C1CN(c2nc(Cl)nc(Cl)n2)c2ccccc2N1. The van der Waals surface area contributed by atoms with Gasteiger partial charge < -0.3 is 5.32 Å². The summed E-state index contributed by atoms with van der Waals surface area (Å²) in [5.74, 6) is 0.0821. The molecule has 96 valence electrons. The highest BCUT2D eigenvalue weighted by atomic mass is 35.5. The number of benzene rings is 1. The number of aromatic nitrogens is 3. The first kappa shape index (κ1) is 12.1. The second kappa shape index (κ2) is 4.64. The Morgan fingerprint density at radius 3 is 2.53 bits per heavy atom. The van der Waals surface area contributed by atoms with Crippen molar-refractivity contribution < 1.29 is 4.79 Å². The molecule has 0 bridgehead atoms. The molecule has 0 saturated carbocycles. The lowest BCUT2D eigenvalue weighted by Crippen LogP contribution is -2.36. The van der Waals surface area contributed by atoms with E-state index in [1.165, 1.54) is 0 Å². The Bertz CT molecular complexity index is 643. The Kier molecular flexibility index (Phi) is 2.96. The number of fused-ring (bicyclic) bond motifs is 1. The lowest BCUT2D eigenvalue weighted by Gasteiger charge is -2.28. The fourth-order valence-electron chi connectivity index (χ4n) is 1.85. The summed E-state index contributed by atoms with van der Waals surface area (Å²) in [5, 5.41) is 2.74. The molecule has 1 amide bonds. The Morgan fingerprint density at radius 2 is 1.79 bits per heavy atom. The number of carbonyl (C=O) groups excluding carboxylic acids is 1. The molecule has 3 rings (SSSR count). The van der Waals surface area contributed by atoms with E-state index in [2.05, 4.69) is 20.3 Å². The Hall–Kier alpha value is -1.92. The number of nitrogens with one attached hydrogen (secondary N) is 1. The van der Waals surface area contributed by atoms with Gasteiger partial charge >= 0.3 is 0 Å². The van der Waals surface area contributed by atoms with Crippen LogP contribution in [0.25, 0.3) is 0 Å². The summed E-state index contributed by atoms with van der Waals surface area (Å²) >= 11 is 11.5. The van der Waals surface area contributed by atoms with Gasteiger partial charge in [-0.3, -0.25) is 9.69 Å². The number of rotatable bonds is 1. The van der Waals surface area contributed by atoms with Crippen molar-refractivity contribution in [3.05, 3.63) is 34.8 Å². The molecule has 8 heteroatoms. The summed E-state index contributed by atoms with van der Waals surface area (Å²) in [6.45, 7) is 0.0910.